The zero-order valence-corrected chi connectivity index (χ0v) is 16.1. The molecule has 2 aromatic rings. The Morgan fingerprint density at radius 2 is 1.77 bits per heavy atom. The average Bonchev–Trinajstić information content (AvgIpc) is 3.07. The molecule has 0 aromatic heterocycles. The van der Waals surface area contributed by atoms with E-state index in [-0.39, 0.29) is 22.8 Å². The number of carbonyl (C=O) groups excluding carboxylic acids is 1. The van der Waals surface area contributed by atoms with Gasteiger partial charge in [0, 0.05) is 17.9 Å². The second kappa shape index (κ2) is 7.15. The van der Waals surface area contributed by atoms with E-state index in [0.717, 1.165) is 28.8 Å². The van der Waals surface area contributed by atoms with Crippen LogP contribution in [0.3, 0.4) is 0 Å². The quantitative estimate of drug-likeness (QED) is 0.708. The normalized spacial score (nSPS) is 24.1. The molecule has 0 bridgehead atoms. The van der Waals surface area contributed by atoms with Gasteiger partial charge in [-0.3, -0.25) is 9.69 Å². The van der Waals surface area contributed by atoms with Gasteiger partial charge >= 0.3 is 6.18 Å². The lowest BCUT2D eigenvalue weighted by molar-refractivity contribution is -0.149. The van der Waals surface area contributed by atoms with Gasteiger partial charge in [0.15, 0.2) is 5.72 Å². The molecule has 30 heavy (non-hydrogen) atoms. The minimum Gasteiger partial charge on any atom is -0.366 e. The third kappa shape index (κ3) is 3.26. The number of hydrogen-bond donors (Lipinski definition) is 1. The number of amides is 1. The minimum atomic E-state index is -4.48. The molecular weight excluding hydrogens is 420 g/mol. The van der Waals surface area contributed by atoms with E-state index in [9.17, 15) is 32.7 Å². The molecule has 2 aliphatic heterocycles. The van der Waals surface area contributed by atoms with Gasteiger partial charge in [0.25, 0.3) is 0 Å². The Hall–Kier alpha value is -2.83. The van der Waals surface area contributed by atoms with E-state index in [4.69, 9.17) is 0 Å². The van der Waals surface area contributed by atoms with Gasteiger partial charge in [0.1, 0.15) is 5.82 Å². The summed E-state index contributed by atoms with van der Waals surface area (Å²) in [5, 5.41) is 21.2. The smallest absolute Gasteiger partial charge is 0.366 e. The standard InChI is InChI=1S/C21H14F4N2O2S/c22-15-7-5-13(6-8-15)20(29)11-30-19-17(10-26)16(9-18(28)27(19)20)12-1-3-14(4-2-12)21(23,24)25/h1-8,16,29H,9,11H2. The predicted octanol–water partition coefficient (Wildman–Crippen LogP) is 4.49. The summed E-state index contributed by atoms with van der Waals surface area (Å²) in [5.74, 6) is -1.62. The van der Waals surface area contributed by atoms with Crippen molar-refractivity contribution in [2.45, 2.75) is 24.2 Å². The van der Waals surface area contributed by atoms with Gasteiger partial charge in [-0.1, -0.05) is 24.3 Å². The van der Waals surface area contributed by atoms with Gasteiger partial charge in [0.05, 0.1) is 28.0 Å². The molecule has 4 nitrogen and oxygen atoms in total. The second-order valence-corrected chi connectivity index (χ2v) is 8.01. The Labute approximate surface area is 173 Å². The molecule has 2 aromatic carbocycles. The van der Waals surface area contributed by atoms with Crippen LogP contribution in [0.5, 0.6) is 0 Å². The van der Waals surface area contributed by atoms with Gasteiger partial charge < -0.3 is 5.11 Å². The first kappa shape index (κ1) is 20.4. The van der Waals surface area contributed by atoms with Gasteiger partial charge in [-0.2, -0.15) is 18.4 Å². The fourth-order valence-electron chi connectivity index (χ4n) is 3.74. The van der Waals surface area contributed by atoms with Crippen LogP contribution in [0.4, 0.5) is 17.6 Å². The topological polar surface area (TPSA) is 64.3 Å². The highest BCUT2D eigenvalue weighted by atomic mass is 32.2. The molecule has 1 N–H and O–H groups in total. The van der Waals surface area contributed by atoms with E-state index in [1.807, 2.05) is 0 Å². The molecule has 1 fully saturated rings. The maximum Gasteiger partial charge on any atom is 0.416 e. The summed E-state index contributed by atoms with van der Waals surface area (Å²) in [5.41, 5.74) is -1.62. The fraction of sp³-hybridized carbons (Fsp3) is 0.238. The Balaban J connectivity index is 1.74. The lowest BCUT2D eigenvalue weighted by Crippen LogP contribution is -2.48. The van der Waals surface area contributed by atoms with Crippen LogP contribution < -0.4 is 0 Å². The minimum absolute atomic E-state index is 0.0462. The number of rotatable bonds is 2. The van der Waals surface area contributed by atoms with Gasteiger partial charge in [-0.15, -0.1) is 11.8 Å². The Morgan fingerprint density at radius 3 is 2.33 bits per heavy atom. The van der Waals surface area contributed by atoms with Crippen molar-refractivity contribution in [3.8, 4) is 6.07 Å². The molecule has 2 heterocycles. The van der Waals surface area contributed by atoms with Crippen LogP contribution in [0, 0.1) is 17.1 Å². The highest BCUT2D eigenvalue weighted by Gasteiger charge is 2.51. The van der Waals surface area contributed by atoms with Crippen LogP contribution >= 0.6 is 11.8 Å². The van der Waals surface area contributed by atoms with Crippen molar-refractivity contribution < 1.29 is 27.5 Å². The number of fused-ring (bicyclic) bond motifs is 1. The molecule has 0 aliphatic carbocycles. The van der Waals surface area contributed by atoms with Crippen molar-refractivity contribution in [2.75, 3.05) is 5.75 Å². The van der Waals surface area contributed by atoms with Crippen LogP contribution in [-0.2, 0) is 16.7 Å². The number of allylic oxidation sites excluding steroid dienone is 1. The Morgan fingerprint density at radius 1 is 1.13 bits per heavy atom. The Kier molecular flexibility index (Phi) is 4.87. The highest BCUT2D eigenvalue weighted by molar-refractivity contribution is 8.03. The first-order valence-electron chi connectivity index (χ1n) is 8.91. The summed E-state index contributed by atoms with van der Waals surface area (Å²) < 4.78 is 51.8. The zero-order valence-electron chi connectivity index (χ0n) is 15.3. The van der Waals surface area contributed by atoms with Crippen LogP contribution in [0.2, 0.25) is 0 Å². The molecule has 9 heteroatoms. The number of alkyl halides is 3. The molecular formula is C21H14F4N2O2S. The van der Waals surface area contributed by atoms with Crippen molar-refractivity contribution in [2.24, 2.45) is 0 Å². The summed E-state index contributed by atoms with van der Waals surface area (Å²) >= 11 is 1.11. The van der Waals surface area contributed by atoms with E-state index in [2.05, 4.69) is 6.07 Å². The molecule has 2 aliphatic rings. The number of nitriles is 1. The van der Waals surface area contributed by atoms with Crippen LogP contribution in [0.15, 0.2) is 59.1 Å². The zero-order chi connectivity index (χ0) is 21.7. The molecule has 0 saturated carbocycles. The molecule has 154 valence electrons. The average molecular weight is 434 g/mol. The maximum absolute atomic E-state index is 13.3. The first-order valence-corrected chi connectivity index (χ1v) is 9.89. The lowest BCUT2D eigenvalue weighted by Gasteiger charge is -2.38. The SMILES string of the molecule is N#CC1=C2SCC(O)(c3ccc(F)cc3)N2C(=O)CC1c1ccc(C(F)(F)F)cc1. The van der Waals surface area contributed by atoms with Crippen molar-refractivity contribution in [3.05, 3.63) is 81.6 Å². The van der Waals surface area contributed by atoms with E-state index >= 15 is 0 Å². The van der Waals surface area contributed by atoms with Gasteiger partial charge in [-0.05, 0) is 29.8 Å². The first-order chi connectivity index (χ1) is 14.1. The van der Waals surface area contributed by atoms with E-state index in [0.29, 0.717) is 11.1 Å². The van der Waals surface area contributed by atoms with Crippen molar-refractivity contribution in [1.29, 1.82) is 5.26 Å². The van der Waals surface area contributed by atoms with Gasteiger partial charge in [0.2, 0.25) is 5.91 Å². The summed E-state index contributed by atoms with van der Waals surface area (Å²) in [4.78, 5) is 14.1. The van der Waals surface area contributed by atoms with E-state index < -0.39 is 35.1 Å². The number of carbonyl (C=O) groups is 1. The molecule has 2 atom stereocenters. The van der Waals surface area contributed by atoms with E-state index in [1.54, 1.807) is 0 Å². The number of nitrogens with zero attached hydrogens (tertiary/aromatic N) is 2. The molecule has 1 saturated heterocycles. The lowest BCUT2D eigenvalue weighted by atomic mass is 9.85. The largest absolute Gasteiger partial charge is 0.416 e. The highest BCUT2D eigenvalue weighted by Crippen LogP contribution is 2.51. The summed E-state index contributed by atoms with van der Waals surface area (Å²) in [6, 6.07) is 11.5. The summed E-state index contributed by atoms with van der Waals surface area (Å²) in [6.07, 6.45) is -4.66. The Bertz CT molecular complexity index is 1070. The van der Waals surface area contributed by atoms with E-state index in [1.165, 1.54) is 36.4 Å². The molecule has 0 radical (unpaired) electrons. The third-order valence-corrected chi connectivity index (χ3v) is 6.48. The monoisotopic (exact) mass is 434 g/mol. The van der Waals surface area contributed by atoms with Crippen LogP contribution in [0.1, 0.15) is 29.0 Å². The maximum atomic E-state index is 13.3. The number of benzene rings is 2. The number of halogens is 4. The van der Waals surface area contributed by atoms with Crippen molar-refractivity contribution in [1.82, 2.24) is 4.90 Å². The predicted molar refractivity (Wildman–Crippen MR) is 101 cm³/mol. The van der Waals surface area contributed by atoms with Crippen LogP contribution in [0.25, 0.3) is 0 Å². The summed E-state index contributed by atoms with van der Waals surface area (Å²) in [7, 11) is 0. The molecule has 0 spiro atoms. The van der Waals surface area contributed by atoms with Gasteiger partial charge in [-0.25, -0.2) is 4.39 Å². The molecule has 1 amide bonds. The van der Waals surface area contributed by atoms with Crippen molar-refractivity contribution in [3.63, 3.8) is 0 Å². The van der Waals surface area contributed by atoms with Crippen molar-refractivity contribution >= 4 is 17.7 Å². The van der Waals surface area contributed by atoms with Crippen LogP contribution in [-0.4, -0.2) is 21.7 Å². The number of aliphatic hydroxyl groups is 1. The number of hydrogen-bond acceptors (Lipinski definition) is 4. The third-order valence-electron chi connectivity index (χ3n) is 5.26. The molecule has 4 rings (SSSR count). The fourth-order valence-corrected chi connectivity index (χ4v) is 5.10. The molecule has 2 unspecified atom stereocenters. The second-order valence-electron chi connectivity index (χ2n) is 7.05. The summed E-state index contributed by atoms with van der Waals surface area (Å²) in [6.45, 7) is 0. The number of thioether (sulfide) groups is 1.